The topological polar surface area (TPSA) is 124 Å². The van der Waals surface area contributed by atoms with Gasteiger partial charge in [0.1, 0.15) is 6.07 Å². The van der Waals surface area contributed by atoms with Crippen molar-refractivity contribution in [3.05, 3.63) is 58.5 Å². The Morgan fingerprint density at radius 2 is 1.64 bits per heavy atom. The fourth-order valence-corrected chi connectivity index (χ4v) is 2.53. The highest BCUT2D eigenvalue weighted by Gasteiger charge is 2.08. The van der Waals surface area contributed by atoms with E-state index in [0.29, 0.717) is 29.6 Å². The van der Waals surface area contributed by atoms with Gasteiger partial charge in [0.15, 0.2) is 0 Å². The summed E-state index contributed by atoms with van der Waals surface area (Å²) in [7, 11) is 0. The second kappa shape index (κ2) is 11.3. The van der Waals surface area contributed by atoms with Crippen molar-refractivity contribution in [2.75, 3.05) is 19.6 Å². The Hall–Kier alpha value is -3.44. The van der Waals surface area contributed by atoms with Crippen LogP contribution in [0.15, 0.2) is 47.4 Å². The molecule has 2 aromatic rings. The number of hydrogen-bond donors (Lipinski definition) is 2. The SMILES string of the molecule is CCN(CC)CCn1cc(C#N)c2ccccc2c1=O.O=C(O)/C=C\C(=O)O. The molecule has 0 atom stereocenters. The molecular formula is C20H23N3O5. The molecule has 0 amide bonds. The molecule has 1 aromatic carbocycles. The maximum absolute atomic E-state index is 12.4. The minimum Gasteiger partial charge on any atom is -0.478 e. The Morgan fingerprint density at radius 1 is 1.11 bits per heavy atom. The van der Waals surface area contributed by atoms with Crippen LogP contribution in [0.4, 0.5) is 0 Å². The maximum Gasteiger partial charge on any atom is 0.328 e. The fraction of sp³-hybridized carbons (Fsp3) is 0.300. The van der Waals surface area contributed by atoms with E-state index in [9.17, 15) is 19.6 Å². The summed E-state index contributed by atoms with van der Waals surface area (Å²) < 4.78 is 1.65. The number of hydrogen-bond acceptors (Lipinski definition) is 5. The molecule has 0 radical (unpaired) electrons. The van der Waals surface area contributed by atoms with E-state index in [-0.39, 0.29) is 5.56 Å². The van der Waals surface area contributed by atoms with Gasteiger partial charge in [-0.05, 0) is 19.2 Å². The van der Waals surface area contributed by atoms with E-state index < -0.39 is 11.9 Å². The Kier molecular flexibility index (Phi) is 9.13. The lowest BCUT2D eigenvalue weighted by Crippen LogP contribution is -2.31. The summed E-state index contributed by atoms with van der Waals surface area (Å²) >= 11 is 0. The number of benzene rings is 1. The third-order valence-electron chi connectivity index (χ3n) is 4.03. The van der Waals surface area contributed by atoms with E-state index in [2.05, 4.69) is 24.8 Å². The van der Waals surface area contributed by atoms with Gasteiger partial charge in [-0.2, -0.15) is 5.26 Å². The number of pyridine rings is 1. The fourth-order valence-electron chi connectivity index (χ4n) is 2.53. The zero-order chi connectivity index (χ0) is 21.1. The average Bonchev–Trinajstić information content (AvgIpc) is 2.69. The van der Waals surface area contributed by atoms with Gasteiger partial charge in [0.25, 0.3) is 5.56 Å². The Bertz CT molecular complexity index is 936. The van der Waals surface area contributed by atoms with E-state index in [0.717, 1.165) is 25.0 Å². The second-order valence-corrected chi connectivity index (χ2v) is 5.74. The highest BCUT2D eigenvalue weighted by molar-refractivity contribution is 5.89. The third kappa shape index (κ3) is 6.70. The lowest BCUT2D eigenvalue weighted by Gasteiger charge is -2.18. The molecule has 0 aliphatic heterocycles. The third-order valence-corrected chi connectivity index (χ3v) is 4.03. The highest BCUT2D eigenvalue weighted by atomic mass is 16.4. The van der Waals surface area contributed by atoms with E-state index in [1.807, 2.05) is 18.2 Å². The molecule has 1 aromatic heterocycles. The molecule has 1 heterocycles. The van der Waals surface area contributed by atoms with E-state index in [1.54, 1.807) is 16.8 Å². The Balaban J connectivity index is 0.000000416. The second-order valence-electron chi connectivity index (χ2n) is 5.74. The van der Waals surface area contributed by atoms with Crippen molar-refractivity contribution in [1.82, 2.24) is 9.47 Å². The first kappa shape index (κ1) is 22.6. The van der Waals surface area contributed by atoms with Crippen LogP contribution in [0.2, 0.25) is 0 Å². The first-order chi connectivity index (χ1) is 13.3. The predicted molar refractivity (Wildman–Crippen MR) is 105 cm³/mol. The van der Waals surface area contributed by atoms with Crippen molar-refractivity contribution in [2.45, 2.75) is 20.4 Å². The molecule has 8 heteroatoms. The van der Waals surface area contributed by atoms with E-state index in [1.165, 1.54) is 0 Å². The van der Waals surface area contributed by atoms with Gasteiger partial charge in [-0.3, -0.25) is 4.79 Å². The van der Waals surface area contributed by atoms with Crippen LogP contribution in [0.5, 0.6) is 0 Å². The molecule has 2 rings (SSSR count). The van der Waals surface area contributed by atoms with Crippen LogP contribution in [0.25, 0.3) is 10.8 Å². The van der Waals surface area contributed by atoms with Gasteiger partial charge in [0.05, 0.1) is 5.56 Å². The molecule has 0 spiro atoms. The standard InChI is InChI=1S/C16H19N3O.C4H4O4/c1-3-18(4-2)9-10-19-12-13(11-17)14-7-5-6-8-15(14)16(19)20;5-3(6)1-2-4(7)8/h5-8,12H,3-4,9-10H2,1-2H3;1-2H,(H,5,6)(H,7,8)/b;2-1-. The van der Waals surface area contributed by atoms with Crippen LogP contribution in [0.3, 0.4) is 0 Å². The minimum atomic E-state index is -1.26. The van der Waals surface area contributed by atoms with Crippen LogP contribution in [-0.2, 0) is 16.1 Å². The van der Waals surface area contributed by atoms with Crippen LogP contribution in [0.1, 0.15) is 19.4 Å². The number of likely N-dealkylation sites (N-methyl/N-ethyl adjacent to an activating group) is 1. The number of aliphatic carboxylic acids is 2. The minimum absolute atomic E-state index is 0.0215. The van der Waals surface area contributed by atoms with E-state index in [4.69, 9.17) is 10.2 Å². The molecule has 2 N–H and O–H groups in total. The number of aromatic nitrogens is 1. The smallest absolute Gasteiger partial charge is 0.328 e. The van der Waals surface area contributed by atoms with Gasteiger partial charge >= 0.3 is 11.9 Å². The molecule has 0 aliphatic carbocycles. The predicted octanol–water partition coefficient (Wildman–Crippen LogP) is 1.93. The summed E-state index contributed by atoms with van der Waals surface area (Å²) in [5.41, 5.74) is 0.534. The van der Waals surface area contributed by atoms with Gasteiger partial charge in [-0.25, -0.2) is 9.59 Å². The molecule has 0 saturated heterocycles. The summed E-state index contributed by atoms with van der Waals surface area (Å²) in [5, 5.41) is 26.2. The van der Waals surface area contributed by atoms with Crippen LogP contribution >= 0.6 is 0 Å². The number of nitrogens with zero attached hydrogens (tertiary/aromatic N) is 3. The Labute approximate surface area is 162 Å². The summed E-state index contributed by atoms with van der Waals surface area (Å²) in [6, 6.07) is 9.47. The molecule has 8 nitrogen and oxygen atoms in total. The van der Waals surface area contributed by atoms with Crippen LogP contribution < -0.4 is 5.56 Å². The molecule has 28 heavy (non-hydrogen) atoms. The van der Waals surface area contributed by atoms with Gasteiger partial charge in [-0.15, -0.1) is 0 Å². The lowest BCUT2D eigenvalue weighted by molar-refractivity contribution is -0.134. The number of fused-ring (bicyclic) bond motifs is 1. The summed E-state index contributed by atoms with van der Waals surface area (Å²) in [5.74, 6) is -2.51. The Morgan fingerprint density at radius 3 is 2.11 bits per heavy atom. The zero-order valence-electron chi connectivity index (χ0n) is 15.8. The number of carboxylic acid groups (broad SMARTS) is 2. The molecule has 0 fully saturated rings. The first-order valence-corrected chi connectivity index (χ1v) is 8.72. The number of carbonyl (C=O) groups is 2. The summed E-state index contributed by atoms with van der Waals surface area (Å²) in [4.78, 5) is 33.8. The molecule has 0 unspecified atom stereocenters. The van der Waals surface area contributed by atoms with Crippen molar-refractivity contribution in [2.24, 2.45) is 0 Å². The van der Waals surface area contributed by atoms with Crippen LogP contribution in [-0.4, -0.2) is 51.3 Å². The lowest BCUT2D eigenvalue weighted by atomic mass is 10.1. The van der Waals surface area contributed by atoms with Crippen molar-refractivity contribution in [1.29, 1.82) is 5.26 Å². The molecular weight excluding hydrogens is 362 g/mol. The number of carboxylic acids is 2. The zero-order valence-corrected chi connectivity index (χ0v) is 15.8. The van der Waals surface area contributed by atoms with Gasteiger partial charge in [-0.1, -0.05) is 32.0 Å². The highest BCUT2D eigenvalue weighted by Crippen LogP contribution is 2.14. The van der Waals surface area contributed by atoms with Crippen molar-refractivity contribution in [3.8, 4) is 6.07 Å². The number of nitriles is 1. The van der Waals surface area contributed by atoms with Crippen LogP contribution in [0, 0.1) is 11.3 Å². The molecule has 0 bridgehead atoms. The van der Waals surface area contributed by atoms with Crippen molar-refractivity contribution < 1.29 is 19.8 Å². The van der Waals surface area contributed by atoms with E-state index >= 15 is 0 Å². The normalized spacial score (nSPS) is 10.5. The summed E-state index contributed by atoms with van der Waals surface area (Å²) in [6.07, 6.45) is 2.79. The van der Waals surface area contributed by atoms with Gasteiger partial charge in [0, 0.05) is 42.2 Å². The van der Waals surface area contributed by atoms with Gasteiger partial charge < -0.3 is 19.7 Å². The molecule has 148 valence electrons. The number of rotatable bonds is 7. The summed E-state index contributed by atoms with van der Waals surface area (Å²) in [6.45, 7) is 7.56. The first-order valence-electron chi connectivity index (χ1n) is 8.72. The van der Waals surface area contributed by atoms with Gasteiger partial charge in [0.2, 0.25) is 0 Å². The maximum atomic E-state index is 12.4. The average molecular weight is 385 g/mol. The molecule has 0 aliphatic rings. The largest absolute Gasteiger partial charge is 0.478 e. The quantitative estimate of drug-likeness (QED) is 0.698. The monoisotopic (exact) mass is 385 g/mol. The van der Waals surface area contributed by atoms with Crippen molar-refractivity contribution >= 4 is 22.7 Å². The molecule has 0 saturated carbocycles. The van der Waals surface area contributed by atoms with Crippen molar-refractivity contribution in [3.63, 3.8) is 0 Å².